The molecule has 17 heavy (non-hydrogen) atoms. The topological polar surface area (TPSA) is 23.6 Å². The van der Waals surface area contributed by atoms with Gasteiger partial charge in [-0.25, -0.2) is 0 Å². The number of allylic oxidation sites excluding steroid dienone is 1. The number of amides is 1. The van der Waals surface area contributed by atoms with Crippen molar-refractivity contribution < 1.29 is 4.79 Å². The summed E-state index contributed by atoms with van der Waals surface area (Å²) < 4.78 is 0. The quantitative estimate of drug-likeness (QED) is 0.685. The summed E-state index contributed by atoms with van der Waals surface area (Å²) in [6.07, 6.45) is 7.26. The predicted molar refractivity (Wildman–Crippen MR) is 69.8 cm³/mol. The Morgan fingerprint density at radius 2 is 1.65 bits per heavy atom. The highest BCUT2D eigenvalue weighted by molar-refractivity contribution is 5.88. The van der Waals surface area contributed by atoms with E-state index in [4.69, 9.17) is 0 Å². The molecule has 1 heterocycles. The molecule has 0 unspecified atom stereocenters. The van der Waals surface area contributed by atoms with Crippen LogP contribution in [0.1, 0.15) is 39.5 Å². The Morgan fingerprint density at radius 3 is 2.18 bits per heavy atom. The van der Waals surface area contributed by atoms with E-state index in [1.807, 2.05) is 18.7 Å². The van der Waals surface area contributed by atoms with Crippen molar-refractivity contribution >= 4 is 5.91 Å². The van der Waals surface area contributed by atoms with Gasteiger partial charge in [0.2, 0.25) is 5.91 Å². The molecule has 0 aromatic rings. The molecule has 2 aliphatic rings. The molecule has 0 spiro atoms. The van der Waals surface area contributed by atoms with Crippen LogP contribution in [0.15, 0.2) is 11.6 Å². The molecule has 0 aromatic carbocycles. The molecule has 0 radical (unpaired) electrons. The van der Waals surface area contributed by atoms with Crippen LogP contribution in [0.25, 0.3) is 0 Å². The molecular formula is C14H24N2O. The second-order valence-corrected chi connectivity index (χ2v) is 5.52. The normalized spacial score (nSPS) is 22.8. The van der Waals surface area contributed by atoms with Gasteiger partial charge in [-0.05, 0) is 26.7 Å². The molecule has 1 saturated carbocycles. The van der Waals surface area contributed by atoms with Crippen LogP contribution < -0.4 is 0 Å². The fourth-order valence-corrected chi connectivity index (χ4v) is 2.92. The summed E-state index contributed by atoms with van der Waals surface area (Å²) in [5, 5.41) is 0. The second-order valence-electron chi connectivity index (χ2n) is 5.52. The first-order valence-electron chi connectivity index (χ1n) is 6.84. The molecule has 2 fully saturated rings. The number of nitrogens with zero attached hydrogens (tertiary/aromatic N) is 2. The van der Waals surface area contributed by atoms with Gasteiger partial charge in [0, 0.05) is 38.3 Å². The van der Waals surface area contributed by atoms with Crippen molar-refractivity contribution in [3.63, 3.8) is 0 Å². The van der Waals surface area contributed by atoms with Gasteiger partial charge in [-0.2, -0.15) is 0 Å². The van der Waals surface area contributed by atoms with Crippen molar-refractivity contribution in [3.05, 3.63) is 11.6 Å². The van der Waals surface area contributed by atoms with E-state index < -0.39 is 0 Å². The molecule has 1 amide bonds. The average molecular weight is 236 g/mol. The van der Waals surface area contributed by atoms with Crippen LogP contribution in [0, 0.1) is 0 Å². The van der Waals surface area contributed by atoms with Crippen LogP contribution in [0.4, 0.5) is 0 Å². The van der Waals surface area contributed by atoms with E-state index >= 15 is 0 Å². The minimum Gasteiger partial charge on any atom is -0.337 e. The lowest BCUT2D eigenvalue weighted by atomic mass is 10.1. The molecule has 3 nitrogen and oxygen atoms in total. The summed E-state index contributed by atoms with van der Waals surface area (Å²) in [5.74, 6) is 0.191. The van der Waals surface area contributed by atoms with Gasteiger partial charge in [-0.1, -0.05) is 18.4 Å². The maximum Gasteiger partial charge on any atom is 0.246 e. The Hall–Kier alpha value is -0.830. The number of hydrogen-bond donors (Lipinski definition) is 0. The van der Waals surface area contributed by atoms with Crippen LogP contribution in [-0.4, -0.2) is 47.9 Å². The summed E-state index contributed by atoms with van der Waals surface area (Å²) in [6.45, 7) is 7.89. The first kappa shape index (κ1) is 12.6. The zero-order valence-electron chi connectivity index (χ0n) is 11.1. The van der Waals surface area contributed by atoms with Gasteiger partial charge in [0.1, 0.15) is 0 Å². The third-order valence-electron chi connectivity index (χ3n) is 3.88. The summed E-state index contributed by atoms with van der Waals surface area (Å²) in [4.78, 5) is 16.4. The van der Waals surface area contributed by atoms with E-state index in [1.165, 1.54) is 25.7 Å². The number of rotatable bonds is 2. The Kier molecular flexibility index (Phi) is 4.21. The minimum absolute atomic E-state index is 0.191. The van der Waals surface area contributed by atoms with Crippen LogP contribution in [0.5, 0.6) is 0 Å². The van der Waals surface area contributed by atoms with Crippen molar-refractivity contribution in [2.75, 3.05) is 26.2 Å². The van der Waals surface area contributed by atoms with E-state index in [9.17, 15) is 4.79 Å². The largest absolute Gasteiger partial charge is 0.337 e. The number of hydrogen-bond acceptors (Lipinski definition) is 2. The van der Waals surface area contributed by atoms with Gasteiger partial charge in [0.05, 0.1) is 0 Å². The molecule has 0 atom stereocenters. The van der Waals surface area contributed by atoms with Gasteiger partial charge in [-0.3, -0.25) is 9.69 Å². The zero-order chi connectivity index (χ0) is 12.3. The van der Waals surface area contributed by atoms with E-state index in [2.05, 4.69) is 4.90 Å². The molecule has 96 valence electrons. The zero-order valence-corrected chi connectivity index (χ0v) is 11.1. The standard InChI is InChI=1S/C14H24N2O/c1-12(2)11-14(17)16-9-7-15(8-10-16)13-5-3-4-6-13/h11,13H,3-10H2,1-2H3. The van der Waals surface area contributed by atoms with Gasteiger partial charge < -0.3 is 4.90 Å². The average Bonchev–Trinajstić information content (AvgIpc) is 2.82. The van der Waals surface area contributed by atoms with Gasteiger partial charge >= 0.3 is 0 Å². The van der Waals surface area contributed by atoms with Crippen LogP contribution in [0.3, 0.4) is 0 Å². The fourth-order valence-electron chi connectivity index (χ4n) is 2.92. The monoisotopic (exact) mass is 236 g/mol. The molecule has 0 aromatic heterocycles. The lowest BCUT2D eigenvalue weighted by Crippen LogP contribution is -2.51. The number of carbonyl (C=O) groups is 1. The first-order chi connectivity index (χ1) is 8.16. The highest BCUT2D eigenvalue weighted by Crippen LogP contribution is 2.24. The third kappa shape index (κ3) is 3.32. The molecule has 2 rings (SSSR count). The summed E-state index contributed by atoms with van der Waals surface area (Å²) in [7, 11) is 0. The smallest absolute Gasteiger partial charge is 0.246 e. The van der Waals surface area contributed by atoms with Crippen LogP contribution in [0.2, 0.25) is 0 Å². The number of piperazine rings is 1. The Morgan fingerprint density at radius 1 is 1.06 bits per heavy atom. The fraction of sp³-hybridized carbons (Fsp3) is 0.786. The van der Waals surface area contributed by atoms with Crippen molar-refractivity contribution in [2.24, 2.45) is 0 Å². The Labute approximate surface area is 104 Å². The number of carbonyl (C=O) groups excluding carboxylic acids is 1. The van der Waals surface area contributed by atoms with Crippen molar-refractivity contribution in [2.45, 2.75) is 45.6 Å². The second kappa shape index (κ2) is 5.67. The van der Waals surface area contributed by atoms with Gasteiger partial charge in [0.25, 0.3) is 0 Å². The predicted octanol–water partition coefficient (Wildman–Crippen LogP) is 2.04. The lowest BCUT2D eigenvalue weighted by Gasteiger charge is -2.37. The Balaban J connectivity index is 1.81. The highest BCUT2D eigenvalue weighted by atomic mass is 16.2. The maximum atomic E-state index is 11.9. The van der Waals surface area contributed by atoms with Crippen molar-refractivity contribution in [1.82, 2.24) is 9.80 Å². The molecule has 3 heteroatoms. The summed E-state index contributed by atoms with van der Waals surface area (Å²) in [5.41, 5.74) is 1.09. The lowest BCUT2D eigenvalue weighted by molar-refractivity contribution is -0.128. The van der Waals surface area contributed by atoms with Crippen molar-refractivity contribution in [1.29, 1.82) is 0 Å². The molecule has 0 bridgehead atoms. The summed E-state index contributed by atoms with van der Waals surface area (Å²) >= 11 is 0. The van der Waals surface area contributed by atoms with Gasteiger partial charge in [0.15, 0.2) is 0 Å². The SMILES string of the molecule is CC(C)=CC(=O)N1CCN(C2CCCC2)CC1. The van der Waals surface area contributed by atoms with E-state index in [1.54, 1.807) is 6.08 Å². The molecular weight excluding hydrogens is 212 g/mol. The van der Waals surface area contributed by atoms with E-state index in [0.29, 0.717) is 0 Å². The first-order valence-corrected chi connectivity index (χ1v) is 6.84. The minimum atomic E-state index is 0.191. The summed E-state index contributed by atoms with van der Waals surface area (Å²) in [6, 6.07) is 0.802. The van der Waals surface area contributed by atoms with Crippen LogP contribution in [-0.2, 0) is 4.79 Å². The Bertz CT molecular complexity index is 293. The highest BCUT2D eigenvalue weighted by Gasteiger charge is 2.27. The maximum absolute atomic E-state index is 11.9. The van der Waals surface area contributed by atoms with Crippen molar-refractivity contribution in [3.8, 4) is 0 Å². The molecule has 1 aliphatic carbocycles. The third-order valence-corrected chi connectivity index (χ3v) is 3.88. The van der Waals surface area contributed by atoms with E-state index in [-0.39, 0.29) is 5.91 Å². The van der Waals surface area contributed by atoms with E-state index in [0.717, 1.165) is 37.8 Å². The molecule has 1 aliphatic heterocycles. The molecule has 1 saturated heterocycles. The molecule has 0 N–H and O–H groups in total. The van der Waals surface area contributed by atoms with Crippen LogP contribution >= 0.6 is 0 Å². The van der Waals surface area contributed by atoms with Gasteiger partial charge in [-0.15, -0.1) is 0 Å².